The van der Waals surface area contributed by atoms with E-state index in [1.165, 1.54) is 0 Å². The minimum absolute atomic E-state index is 0.0450. The molecule has 0 saturated carbocycles. The van der Waals surface area contributed by atoms with E-state index >= 15 is 0 Å². The number of hydrogen-bond acceptors (Lipinski definition) is 5. The van der Waals surface area contributed by atoms with Gasteiger partial charge in [-0.25, -0.2) is 0 Å². The van der Waals surface area contributed by atoms with Gasteiger partial charge in [0.1, 0.15) is 12.4 Å². The Labute approximate surface area is 141 Å². The normalized spacial score (nSPS) is 34.7. The predicted molar refractivity (Wildman–Crippen MR) is 90.9 cm³/mol. The number of hydrogen-bond donors (Lipinski definition) is 0. The molecule has 0 radical (unpaired) electrons. The summed E-state index contributed by atoms with van der Waals surface area (Å²) in [6.07, 6.45) is 1.55. The number of fused-ring (bicyclic) bond motifs is 1. The maximum absolute atomic E-state index is 11.1. The SMILES string of the molecule is CC1(C)OC[C@H]2O[C@@H](CC=O)[C@@H](O[Si](C)(C)C(C)(C)C)C[C@@H]2O1. The van der Waals surface area contributed by atoms with Crippen molar-refractivity contribution in [1.29, 1.82) is 0 Å². The van der Waals surface area contributed by atoms with Gasteiger partial charge in [0.15, 0.2) is 14.1 Å². The number of rotatable bonds is 4. The number of ether oxygens (including phenoxy) is 3. The minimum Gasteiger partial charge on any atom is -0.411 e. The number of carbonyl (C=O) groups is 1. The fourth-order valence-corrected chi connectivity index (χ4v) is 4.22. The maximum atomic E-state index is 11.1. The third-order valence-corrected chi connectivity index (χ3v) is 9.76. The van der Waals surface area contributed by atoms with Crippen molar-refractivity contribution in [2.24, 2.45) is 0 Å². The van der Waals surface area contributed by atoms with Gasteiger partial charge in [0.2, 0.25) is 0 Å². The van der Waals surface area contributed by atoms with E-state index in [0.717, 1.165) is 12.7 Å². The summed E-state index contributed by atoms with van der Waals surface area (Å²) < 4.78 is 24.4. The Bertz CT molecular complexity index is 429. The molecule has 2 saturated heterocycles. The average Bonchev–Trinajstić information content (AvgIpc) is 2.37. The van der Waals surface area contributed by atoms with E-state index in [9.17, 15) is 4.79 Å². The highest BCUT2D eigenvalue weighted by Gasteiger charge is 2.48. The Morgan fingerprint density at radius 2 is 1.91 bits per heavy atom. The van der Waals surface area contributed by atoms with Crippen LogP contribution in [0.4, 0.5) is 0 Å². The van der Waals surface area contributed by atoms with Gasteiger partial charge >= 0.3 is 0 Å². The van der Waals surface area contributed by atoms with Gasteiger partial charge in [0, 0.05) is 12.8 Å². The van der Waals surface area contributed by atoms with Crippen molar-refractivity contribution in [3.8, 4) is 0 Å². The van der Waals surface area contributed by atoms with E-state index in [4.69, 9.17) is 18.6 Å². The highest BCUT2D eigenvalue weighted by Crippen LogP contribution is 2.41. The molecule has 2 aliphatic heterocycles. The Morgan fingerprint density at radius 1 is 1.26 bits per heavy atom. The molecule has 134 valence electrons. The van der Waals surface area contributed by atoms with Crippen LogP contribution in [0.1, 0.15) is 47.5 Å². The van der Waals surface area contributed by atoms with Crippen LogP contribution in [0.3, 0.4) is 0 Å². The molecule has 0 bridgehead atoms. The molecule has 4 atom stereocenters. The second kappa shape index (κ2) is 6.56. The molecule has 0 N–H and O–H groups in total. The second-order valence-electron chi connectivity index (χ2n) is 8.63. The fourth-order valence-electron chi connectivity index (χ4n) is 2.87. The summed E-state index contributed by atoms with van der Waals surface area (Å²) in [6, 6.07) is 0. The molecule has 6 heteroatoms. The fraction of sp³-hybridized carbons (Fsp3) is 0.941. The molecule has 2 aliphatic rings. The average molecular weight is 345 g/mol. The van der Waals surface area contributed by atoms with Crippen LogP contribution in [0.15, 0.2) is 0 Å². The van der Waals surface area contributed by atoms with Crippen LogP contribution in [0.25, 0.3) is 0 Å². The monoisotopic (exact) mass is 344 g/mol. The zero-order valence-electron chi connectivity index (χ0n) is 15.5. The van der Waals surface area contributed by atoms with Crippen LogP contribution >= 0.6 is 0 Å². The molecule has 0 aliphatic carbocycles. The number of aldehydes is 1. The van der Waals surface area contributed by atoms with E-state index in [2.05, 4.69) is 33.9 Å². The molecule has 0 aromatic carbocycles. The van der Waals surface area contributed by atoms with Gasteiger partial charge in [0.25, 0.3) is 0 Å². The lowest BCUT2D eigenvalue weighted by atomic mass is 9.96. The first-order chi connectivity index (χ1) is 10.5. The molecule has 0 aromatic heterocycles. The maximum Gasteiger partial charge on any atom is 0.192 e. The zero-order valence-corrected chi connectivity index (χ0v) is 16.5. The summed E-state index contributed by atoms with van der Waals surface area (Å²) >= 11 is 0. The van der Waals surface area contributed by atoms with E-state index < -0.39 is 14.1 Å². The third-order valence-electron chi connectivity index (χ3n) is 5.25. The molecule has 2 rings (SSSR count). The van der Waals surface area contributed by atoms with E-state index in [0.29, 0.717) is 13.0 Å². The molecule has 0 unspecified atom stereocenters. The quantitative estimate of drug-likeness (QED) is 0.579. The Kier molecular flexibility index (Phi) is 5.43. The first-order valence-corrected chi connectivity index (χ1v) is 11.4. The minimum atomic E-state index is -1.94. The van der Waals surface area contributed by atoms with Crippen LogP contribution in [0.2, 0.25) is 18.1 Å². The Balaban J connectivity index is 2.13. The highest BCUT2D eigenvalue weighted by atomic mass is 28.4. The summed E-state index contributed by atoms with van der Waals surface area (Å²) in [5.74, 6) is -0.594. The molecule has 0 aromatic rings. The van der Waals surface area contributed by atoms with Crippen molar-refractivity contribution in [2.45, 2.75) is 95.8 Å². The third kappa shape index (κ3) is 4.42. The van der Waals surface area contributed by atoms with Crippen LogP contribution in [-0.4, -0.2) is 51.4 Å². The van der Waals surface area contributed by atoms with Crippen molar-refractivity contribution in [3.63, 3.8) is 0 Å². The molecule has 0 spiro atoms. The highest BCUT2D eigenvalue weighted by molar-refractivity contribution is 6.74. The van der Waals surface area contributed by atoms with Crippen molar-refractivity contribution < 1.29 is 23.4 Å². The largest absolute Gasteiger partial charge is 0.411 e. The first-order valence-electron chi connectivity index (χ1n) is 8.54. The predicted octanol–water partition coefficient (Wildman–Crippen LogP) is 3.27. The summed E-state index contributed by atoms with van der Waals surface area (Å²) in [5, 5.41) is 0.116. The molecule has 2 heterocycles. The molecule has 23 heavy (non-hydrogen) atoms. The van der Waals surface area contributed by atoms with Crippen LogP contribution < -0.4 is 0 Å². The second-order valence-corrected chi connectivity index (χ2v) is 13.4. The lowest BCUT2D eigenvalue weighted by Gasteiger charge is -2.50. The van der Waals surface area contributed by atoms with Gasteiger partial charge < -0.3 is 23.4 Å². The van der Waals surface area contributed by atoms with Gasteiger partial charge in [-0.2, -0.15) is 0 Å². The van der Waals surface area contributed by atoms with Crippen molar-refractivity contribution in [2.75, 3.05) is 6.61 Å². The summed E-state index contributed by atoms with van der Waals surface area (Å²) in [5.41, 5.74) is 0. The number of carbonyl (C=O) groups excluding carboxylic acids is 1. The Hall–Kier alpha value is -0.273. The van der Waals surface area contributed by atoms with Gasteiger partial charge in [0.05, 0.1) is 24.9 Å². The molecule has 0 amide bonds. The van der Waals surface area contributed by atoms with Crippen molar-refractivity contribution >= 4 is 14.6 Å². The summed E-state index contributed by atoms with van der Waals surface area (Å²) in [6.45, 7) is 15.4. The standard InChI is InChI=1S/C17H32O5Si/c1-16(2,3)23(6,7)22-14-10-13-15(20-12(14)8-9-18)11-19-17(4,5)21-13/h9,12-15H,8,10-11H2,1-7H3/t12-,13-,14-,15+/m0/s1. The van der Waals surface area contributed by atoms with E-state index in [1.807, 2.05) is 13.8 Å². The smallest absolute Gasteiger partial charge is 0.192 e. The molecule has 5 nitrogen and oxygen atoms in total. The van der Waals surface area contributed by atoms with E-state index in [-0.39, 0.29) is 29.5 Å². The Morgan fingerprint density at radius 3 is 2.48 bits per heavy atom. The van der Waals surface area contributed by atoms with Gasteiger partial charge in [-0.05, 0) is 32.0 Å². The molecular formula is C17H32O5Si. The van der Waals surface area contributed by atoms with Gasteiger partial charge in [-0.15, -0.1) is 0 Å². The lowest BCUT2D eigenvalue weighted by molar-refractivity contribution is -0.335. The zero-order chi connectivity index (χ0) is 17.5. The topological polar surface area (TPSA) is 54.0 Å². The first kappa shape index (κ1) is 19.1. The molecule has 2 fully saturated rings. The van der Waals surface area contributed by atoms with Gasteiger partial charge in [-0.3, -0.25) is 0 Å². The summed E-state index contributed by atoms with van der Waals surface area (Å²) in [7, 11) is -1.94. The summed E-state index contributed by atoms with van der Waals surface area (Å²) in [4.78, 5) is 11.1. The van der Waals surface area contributed by atoms with Crippen molar-refractivity contribution in [1.82, 2.24) is 0 Å². The van der Waals surface area contributed by atoms with E-state index in [1.54, 1.807) is 0 Å². The van der Waals surface area contributed by atoms with Crippen LogP contribution in [-0.2, 0) is 23.4 Å². The molecular weight excluding hydrogens is 312 g/mol. The van der Waals surface area contributed by atoms with Crippen LogP contribution in [0, 0.1) is 0 Å². The lowest BCUT2D eigenvalue weighted by Crippen LogP contribution is -2.59. The van der Waals surface area contributed by atoms with Gasteiger partial charge in [-0.1, -0.05) is 20.8 Å². The van der Waals surface area contributed by atoms with Crippen LogP contribution in [0.5, 0.6) is 0 Å². The van der Waals surface area contributed by atoms with Crippen molar-refractivity contribution in [3.05, 3.63) is 0 Å².